The molecule has 0 radical (unpaired) electrons. The number of aromatic hydroxyl groups is 1. The predicted molar refractivity (Wildman–Crippen MR) is 129 cm³/mol. The molecule has 0 bridgehead atoms. The van der Waals surface area contributed by atoms with E-state index in [1.54, 1.807) is 30.6 Å². The van der Waals surface area contributed by atoms with Gasteiger partial charge in [-0.2, -0.15) is 0 Å². The van der Waals surface area contributed by atoms with E-state index in [4.69, 9.17) is 4.74 Å². The summed E-state index contributed by atoms with van der Waals surface area (Å²) in [4.78, 5) is 16.1. The smallest absolute Gasteiger partial charge is 0.319 e. The molecule has 6 nitrogen and oxygen atoms in total. The highest BCUT2D eigenvalue weighted by molar-refractivity contribution is 5.89. The molecule has 1 aromatic heterocycles. The van der Waals surface area contributed by atoms with Gasteiger partial charge in [0.15, 0.2) is 0 Å². The van der Waals surface area contributed by atoms with E-state index >= 15 is 0 Å². The largest absolute Gasteiger partial charge is 0.507 e. The highest BCUT2D eigenvalue weighted by atomic mass is 16.5. The number of hydrogen-bond donors (Lipinski definition) is 3. The van der Waals surface area contributed by atoms with Gasteiger partial charge in [0.1, 0.15) is 11.5 Å². The third-order valence-corrected chi connectivity index (χ3v) is 5.14. The molecule has 1 heterocycles. The van der Waals surface area contributed by atoms with Gasteiger partial charge in [-0.25, -0.2) is 4.79 Å². The van der Waals surface area contributed by atoms with E-state index < -0.39 is 0 Å². The highest BCUT2D eigenvalue weighted by Crippen LogP contribution is 2.31. The predicted octanol–water partition coefficient (Wildman–Crippen LogP) is 5.40. The summed E-state index contributed by atoms with van der Waals surface area (Å²) in [5.74, 6) is 0.981. The number of urea groups is 1. The van der Waals surface area contributed by atoms with Crippen molar-refractivity contribution in [2.75, 3.05) is 11.9 Å². The van der Waals surface area contributed by atoms with Gasteiger partial charge >= 0.3 is 6.03 Å². The minimum Gasteiger partial charge on any atom is -0.507 e. The summed E-state index contributed by atoms with van der Waals surface area (Å²) in [6.45, 7) is 0.895. The second-order valence-electron chi connectivity index (χ2n) is 7.47. The lowest BCUT2D eigenvalue weighted by atomic mass is 9.97. The van der Waals surface area contributed by atoms with Gasteiger partial charge in [0.05, 0.1) is 6.61 Å². The molecule has 0 fully saturated rings. The quantitative estimate of drug-likeness (QED) is 0.343. The Bertz CT molecular complexity index is 1190. The number of ether oxygens (including phenoxy) is 1. The molecule has 0 aliphatic heterocycles. The van der Waals surface area contributed by atoms with Gasteiger partial charge in [0, 0.05) is 36.6 Å². The number of phenolic OH excluding ortho intramolecular Hbond substituents is 1. The Morgan fingerprint density at radius 3 is 2.39 bits per heavy atom. The summed E-state index contributed by atoms with van der Waals surface area (Å²) < 4.78 is 5.90. The van der Waals surface area contributed by atoms with E-state index in [-0.39, 0.29) is 11.8 Å². The number of pyridine rings is 1. The third kappa shape index (κ3) is 6.11. The fourth-order valence-electron chi connectivity index (χ4n) is 3.48. The Hall–Kier alpha value is -4.32. The Morgan fingerprint density at radius 1 is 0.879 bits per heavy atom. The lowest BCUT2D eigenvalue weighted by Crippen LogP contribution is -2.28. The monoisotopic (exact) mass is 439 g/mol. The van der Waals surface area contributed by atoms with Gasteiger partial charge in [-0.05, 0) is 53.1 Å². The molecule has 0 saturated carbocycles. The fraction of sp³-hybridized carbons (Fsp3) is 0.111. The molecule has 0 saturated heterocycles. The van der Waals surface area contributed by atoms with Gasteiger partial charge in [0.25, 0.3) is 0 Å². The number of nitrogens with zero attached hydrogens (tertiary/aromatic N) is 1. The first-order valence-corrected chi connectivity index (χ1v) is 10.7. The van der Waals surface area contributed by atoms with Crippen molar-refractivity contribution in [3.63, 3.8) is 0 Å². The van der Waals surface area contributed by atoms with Crippen LogP contribution in [0.15, 0.2) is 97.3 Å². The topological polar surface area (TPSA) is 83.5 Å². The first-order valence-electron chi connectivity index (χ1n) is 10.7. The molecule has 0 aliphatic rings. The lowest BCUT2D eigenvalue weighted by Gasteiger charge is -2.12. The Morgan fingerprint density at radius 2 is 1.64 bits per heavy atom. The van der Waals surface area contributed by atoms with E-state index in [0.717, 1.165) is 28.0 Å². The summed E-state index contributed by atoms with van der Waals surface area (Å²) in [6.07, 6.45) is 4.11. The van der Waals surface area contributed by atoms with Crippen LogP contribution in [-0.2, 0) is 13.0 Å². The standard InChI is InChI=1S/C27H25N3O3/c31-26-10-4-3-9-25(26)24-8-2-1-7-21(24)15-17-33-23-13-11-22(12-14-23)30-27(32)29-19-20-6-5-16-28-18-20/h1-14,16,18,31H,15,17,19H2,(H2,29,30,32). The number of anilines is 1. The van der Waals surface area contributed by atoms with Crippen LogP contribution >= 0.6 is 0 Å². The van der Waals surface area contributed by atoms with Crippen molar-refractivity contribution in [2.45, 2.75) is 13.0 Å². The maximum atomic E-state index is 12.1. The normalized spacial score (nSPS) is 10.4. The van der Waals surface area contributed by atoms with Gasteiger partial charge < -0.3 is 20.5 Å². The number of nitrogens with one attached hydrogen (secondary N) is 2. The minimum atomic E-state index is -0.284. The van der Waals surface area contributed by atoms with Crippen LogP contribution in [0.1, 0.15) is 11.1 Å². The first-order chi connectivity index (χ1) is 16.2. The number of rotatable bonds is 8. The summed E-state index contributed by atoms with van der Waals surface area (Å²) in [5, 5.41) is 15.8. The number of para-hydroxylation sites is 1. The zero-order valence-electron chi connectivity index (χ0n) is 18.1. The molecule has 0 spiro atoms. The number of carbonyl (C=O) groups is 1. The minimum absolute atomic E-state index is 0.262. The van der Waals surface area contributed by atoms with Gasteiger partial charge in [-0.3, -0.25) is 4.98 Å². The van der Waals surface area contributed by atoms with Crippen LogP contribution in [0.4, 0.5) is 10.5 Å². The average molecular weight is 440 g/mol. The number of phenols is 1. The molecule has 3 aromatic carbocycles. The van der Waals surface area contributed by atoms with Crippen LogP contribution < -0.4 is 15.4 Å². The number of aromatic nitrogens is 1. The molecular weight excluding hydrogens is 414 g/mol. The zero-order chi connectivity index (χ0) is 22.9. The number of benzene rings is 3. The molecule has 166 valence electrons. The summed E-state index contributed by atoms with van der Waals surface area (Å²) >= 11 is 0. The van der Waals surface area contributed by atoms with Gasteiger partial charge in [-0.1, -0.05) is 48.5 Å². The molecule has 4 aromatic rings. The molecule has 0 atom stereocenters. The third-order valence-electron chi connectivity index (χ3n) is 5.14. The van der Waals surface area contributed by atoms with Crippen LogP contribution in [0.5, 0.6) is 11.5 Å². The van der Waals surface area contributed by atoms with E-state index in [1.807, 2.05) is 66.7 Å². The van der Waals surface area contributed by atoms with Crippen molar-refractivity contribution in [1.82, 2.24) is 10.3 Å². The van der Waals surface area contributed by atoms with Crippen molar-refractivity contribution < 1.29 is 14.6 Å². The van der Waals surface area contributed by atoms with E-state index in [0.29, 0.717) is 25.3 Å². The van der Waals surface area contributed by atoms with Crippen LogP contribution in [-0.4, -0.2) is 22.7 Å². The van der Waals surface area contributed by atoms with Crippen molar-refractivity contribution in [1.29, 1.82) is 0 Å². The molecule has 33 heavy (non-hydrogen) atoms. The highest BCUT2D eigenvalue weighted by Gasteiger charge is 2.09. The summed E-state index contributed by atoms with van der Waals surface area (Å²) in [5.41, 5.74) is 4.51. The van der Waals surface area contributed by atoms with Crippen molar-refractivity contribution in [3.8, 4) is 22.6 Å². The second kappa shape index (κ2) is 10.8. The molecule has 0 unspecified atom stereocenters. The van der Waals surface area contributed by atoms with Gasteiger partial charge in [-0.15, -0.1) is 0 Å². The summed E-state index contributed by atoms with van der Waals surface area (Å²) in [7, 11) is 0. The van der Waals surface area contributed by atoms with Crippen LogP contribution in [0.2, 0.25) is 0 Å². The lowest BCUT2D eigenvalue weighted by molar-refractivity contribution is 0.251. The Labute approximate surface area is 192 Å². The van der Waals surface area contributed by atoms with Crippen molar-refractivity contribution >= 4 is 11.7 Å². The molecule has 6 heteroatoms. The SMILES string of the molecule is O=C(NCc1cccnc1)Nc1ccc(OCCc2ccccc2-c2ccccc2O)cc1. The van der Waals surface area contributed by atoms with E-state index in [2.05, 4.69) is 15.6 Å². The van der Waals surface area contributed by atoms with Gasteiger partial charge in [0.2, 0.25) is 0 Å². The summed E-state index contributed by atoms with van der Waals surface area (Å²) in [6, 6.07) is 26.0. The van der Waals surface area contributed by atoms with Crippen molar-refractivity contribution in [3.05, 3.63) is 108 Å². The Kier molecular flexibility index (Phi) is 7.18. The molecular formula is C27H25N3O3. The molecule has 0 aliphatic carbocycles. The van der Waals surface area contributed by atoms with E-state index in [9.17, 15) is 9.90 Å². The van der Waals surface area contributed by atoms with E-state index in [1.165, 1.54) is 0 Å². The number of hydrogen-bond acceptors (Lipinski definition) is 4. The number of carbonyl (C=O) groups excluding carboxylic acids is 1. The molecule has 3 N–H and O–H groups in total. The maximum absolute atomic E-state index is 12.1. The van der Waals surface area contributed by atoms with Crippen molar-refractivity contribution in [2.24, 2.45) is 0 Å². The van der Waals surface area contributed by atoms with Crippen LogP contribution in [0.3, 0.4) is 0 Å². The Balaban J connectivity index is 1.28. The zero-order valence-corrected chi connectivity index (χ0v) is 18.1. The fourth-order valence-corrected chi connectivity index (χ4v) is 3.48. The first kappa shape index (κ1) is 21.9. The van der Waals surface area contributed by atoms with Crippen LogP contribution in [0, 0.1) is 0 Å². The maximum Gasteiger partial charge on any atom is 0.319 e. The average Bonchev–Trinajstić information content (AvgIpc) is 2.85. The van der Waals surface area contributed by atoms with Crippen LogP contribution in [0.25, 0.3) is 11.1 Å². The molecule has 2 amide bonds. The molecule has 4 rings (SSSR count). The number of amides is 2. The second-order valence-corrected chi connectivity index (χ2v) is 7.47.